The maximum Gasteiger partial charge on any atom is 0.220 e. The van der Waals surface area contributed by atoms with Gasteiger partial charge in [0.2, 0.25) is 5.91 Å². The second kappa shape index (κ2) is 15.3. The number of hydrogen-bond acceptors (Lipinski definition) is 4. The van der Waals surface area contributed by atoms with Crippen LogP contribution in [0.25, 0.3) is 0 Å². The Morgan fingerprint density at radius 1 is 1.09 bits per heavy atom. The van der Waals surface area contributed by atoms with Gasteiger partial charge < -0.3 is 15.5 Å². The van der Waals surface area contributed by atoms with E-state index in [9.17, 15) is 4.79 Å². The first-order chi connectivity index (χ1) is 10.4. The van der Waals surface area contributed by atoms with Crippen LogP contribution in [-0.4, -0.2) is 40.6 Å². The van der Waals surface area contributed by atoms with E-state index in [0.29, 0.717) is 25.5 Å². The fourth-order valence-corrected chi connectivity index (χ4v) is 2.61. The van der Waals surface area contributed by atoms with E-state index in [0.717, 1.165) is 12.8 Å². The highest BCUT2D eigenvalue weighted by molar-refractivity contribution is 7.81. The fourth-order valence-electron chi connectivity index (χ4n) is 2.18. The summed E-state index contributed by atoms with van der Waals surface area (Å²) in [5.41, 5.74) is -0.0647. The Morgan fingerprint density at radius 2 is 1.57 bits per heavy atom. The van der Waals surface area contributed by atoms with Gasteiger partial charge >= 0.3 is 0 Å². The van der Waals surface area contributed by atoms with Crippen molar-refractivity contribution in [3.63, 3.8) is 0 Å². The van der Waals surface area contributed by atoms with Crippen LogP contribution in [0.2, 0.25) is 0 Å². The van der Waals surface area contributed by atoms with E-state index in [1.54, 1.807) is 0 Å². The van der Waals surface area contributed by atoms with Gasteiger partial charge in [0.1, 0.15) is 0 Å². The van der Waals surface area contributed by atoms with Crippen molar-refractivity contribution in [3.8, 4) is 0 Å². The van der Waals surface area contributed by atoms with E-state index in [1.807, 2.05) is 27.7 Å². The third-order valence-corrected chi connectivity index (χ3v) is 2.85. The minimum absolute atomic E-state index is 0.00775. The number of hydrogen-bond donors (Lipinski definition) is 4. The molecule has 0 spiro atoms. The summed E-state index contributed by atoms with van der Waals surface area (Å²) in [6, 6.07) is 0. The Hall–Kier alpha value is -0.260. The summed E-state index contributed by atoms with van der Waals surface area (Å²) in [7, 11) is 0. The van der Waals surface area contributed by atoms with Crippen molar-refractivity contribution in [2.24, 2.45) is 11.3 Å². The van der Waals surface area contributed by atoms with Crippen molar-refractivity contribution in [2.45, 2.75) is 79.4 Å². The molecule has 23 heavy (non-hydrogen) atoms. The number of carbonyl (C=O) groups excluding carboxylic acids is 1. The zero-order chi connectivity index (χ0) is 19.1. The number of carbonyl (C=O) groups is 1. The third-order valence-electron chi connectivity index (χ3n) is 2.69. The normalized spacial score (nSPS) is 11.1. The highest BCUT2D eigenvalue weighted by atomic mass is 32.1. The molecule has 3 N–H and O–H groups in total. The first kappa shape index (κ1) is 27.6. The molecule has 0 saturated carbocycles. The molecule has 0 saturated heterocycles. The Labute approximate surface area is 149 Å². The topological polar surface area (TPSA) is 69.6 Å². The van der Waals surface area contributed by atoms with Gasteiger partial charge in [0.15, 0.2) is 0 Å². The lowest BCUT2D eigenvalue weighted by atomic mass is 9.80. The molecule has 0 aromatic carbocycles. The Morgan fingerprint density at radius 3 is 1.83 bits per heavy atom. The molecule has 0 radical (unpaired) electrons. The van der Waals surface area contributed by atoms with Crippen LogP contribution >= 0.6 is 12.6 Å². The molecule has 0 heterocycles. The number of nitrogens with one attached hydrogen (secondary N) is 1. The molecule has 0 aromatic heterocycles. The molecule has 0 rings (SSSR count). The van der Waals surface area contributed by atoms with Crippen molar-refractivity contribution >= 4 is 18.5 Å². The lowest BCUT2D eigenvalue weighted by molar-refractivity contribution is -0.123. The smallest absolute Gasteiger partial charge is 0.220 e. The van der Waals surface area contributed by atoms with E-state index in [1.165, 1.54) is 0 Å². The molecule has 0 fully saturated rings. The standard InChI is InChI=1S/C11H23NO2S.C5H12O.C2H6/c1-10(2,8-11(3,4)15)7-9(14)12-5-6-13;1-5(2)3-4-6;1-2/h13,15H,5-8H2,1-4H3,(H,12,14);5-6H,3-4H2,1-2H3;1-2H3. The number of aliphatic hydroxyl groups is 2. The highest BCUT2D eigenvalue weighted by Gasteiger charge is 2.28. The number of thiol groups is 1. The van der Waals surface area contributed by atoms with E-state index in [2.05, 4.69) is 45.6 Å². The van der Waals surface area contributed by atoms with Gasteiger partial charge in [0.05, 0.1) is 6.61 Å². The van der Waals surface area contributed by atoms with Gasteiger partial charge in [-0.1, -0.05) is 55.4 Å². The van der Waals surface area contributed by atoms with Gasteiger partial charge in [-0.05, 0) is 24.2 Å². The molecule has 0 atom stereocenters. The lowest BCUT2D eigenvalue weighted by Gasteiger charge is -2.31. The second-order valence-electron chi connectivity index (χ2n) is 7.31. The summed E-state index contributed by atoms with van der Waals surface area (Å²) < 4.78 is -0.0687. The summed E-state index contributed by atoms with van der Waals surface area (Å²) in [5.74, 6) is 0.640. The zero-order valence-corrected chi connectivity index (χ0v) is 17.5. The number of aliphatic hydroxyl groups excluding tert-OH is 2. The molecule has 0 aliphatic carbocycles. The van der Waals surface area contributed by atoms with Gasteiger partial charge in [-0.2, -0.15) is 12.6 Å². The van der Waals surface area contributed by atoms with Crippen LogP contribution in [0.1, 0.15) is 74.7 Å². The molecule has 0 bridgehead atoms. The van der Waals surface area contributed by atoms with Crippen LogP contribution in [0.3, 0.4) is 0 Å². The zero-order valence-electron chi connectivity index (χ0n) is 16.6. The van der Waals surface area contributed by atoms with Crippen LogP contribution in [0.4, 0.5) is 0 Å². The van der Waals surface area contributed by atoms with Crippen LogP contribution in [0.5, 0.6) is 0 Å². The quantitative estimate of drug-likeness (QED) is 0.504. The predicted octanol–water partition coefficient (Wildman–Crippen LogP) is 3.66. The summed E-state index contributed by atoms with van der Waals surface area (Å²) >= 11 is 4.47. The average molecular weight is 352 g/mol. The highest BCUT2D eigenvalue weighted by Crippen LogP contribution is 2.34. The van der Waals surface area contributed by atoms with E-state index in [-0.39, 0.29) is 22.7 Å². The number of rotatable bonds is 8. The third kappa shape index (κ3) is 26.9. The molecule has 1 amide bonds. The Balaban J connectivity index is -0.000000418. The Kier molecular flexibility index (Phi) is 18.3. The molecule has 142 valence electrons. The van der Waals surface area contributed by atoms with Crippen molar-refractivity contribution in [1.82, 2.24) is 5.32 Å². The van der Waals surface area contributed by atoms with Crippen LogP contribution in [0.15, 0.2) is 0 Å². The van der Waals surface area contributed by atoms with Crippen LogP contribution < -0.4 is 5.32 Å². The van der Waals surface area contributed by atoms with Gasteiger partial charge in [0.25, 0.3) is 0 Å². The van der Waals surface area contributed by atoms with E-state index < -0.39 is 0 Å². The van der Waals surface area contributed by atoms with Crippen LogP contribution in [0, 0.1) is 11.3 Å². The second-order valence-corrected chi connectivity index (χ2v) is 8.52. The molecule has 4 nitrogen and oxygen atoms in total. The Bertz CT molecular complexity index is 274. The molecule has 0 unspecified atom stereocenters. The van der Waals surface area contributed by atoms with Gasteiger partial charge in [-0.3, -0.25) is 4.79 Å². The maximum absolute atomic E-state index is 11.5. The van der Waals surface area contributed by atoms with Crippen molar-refractivity contribution < 1.29 is 15.0 Å². The summed E-state index contributed by atoms with van der Waals surface area (Å²) in [6.45, 7) is 17.0. The molecular weight excluding hydrogens is 310 g/mol. The van der Waals surface area contributed by atoms with Crippen molar-refractivity contribution in [3.05, 3.63) is 0 Å². The summed E-state index contributed by atoms with van der Waals surface area (Å²) in [5, 5.41) is 19.5. The maximum atomic E-state index is 11.5. The first-order valence-corrected chi connectivity index (χ1v) is 9.09. The van der Waals surface area contributed by atoms with Crippen molar-refractivity contribution in [2.75, 3.05) is 19.8 Å². The molecule has 5 heteroatoms. The van der Waals surface area contributed by atoms with Gasteiger partial charge in [-0.25, -0.2) is 0 Å². The molecule has 0 aliphatic heterocycles. The van der Waals surface area contributed by atoms with E-state index >= 15 is 0 Å². The molecule has 0 aliphatic rings. The fraction of sp³-hybridized carbons (Fsp3) is 0.944. The summed E-state index contributed by atoms with van der Waals surface area (Å²) in [6.07, 6.45) is 2.27. The van der Waals surface area contributed by atoms with Crippen molar-refractivity contribution in [1.29, 1.82) is 0 Å². The van der Waals surface area contributed by atoms with Crippen LogP contribution in [-0.2, 0) is 4.79 Å². The molecule has 0 aromatic rings. The first-order valence-electron chi connectivity index (χ1n) is 8.64. The van der Waals surface area contributed by atoms with Gasteiger partial charge in [-0.15, -0.1) is 0 Å². The van der Waals surface area contributed by atoms with Gasteiger partial charge in [0, 0.05) is 24.3 Å². The minimum atomic E-state index is -0.0687. The summed E-state index contributed by atoms with van der Waals surface area (Å²) in [4.78, 5) is 11.5. The average Bonchev–Trinajstić information content (AvgIpc) is 2.35. The monoisotopic (exact) mass is 351 g/mol. The SMILES string of the molecule is CC.CC(C)(S)CC(C)(C)CC(=O)NCCO.CC(C)CCO. The largest absolute Gasteiger partial charge is 0.396 e. The van der Waals surface area contributed by atoms with E-state index in [4.69, 9.17) is 10.2 Å². The minimum Gasteiger partial charge on any atom is -0.396 e. The lowest BCUT2D eigenvalue weighted by Crippen LogP contribution is -2.33. The predicted molar refractivity (Wildman–Crippen MR) is 104 cm³/mol. The number of amides is 1. The molecular formula is C18H41NO3S.